The molecule has 0 spiro atoms. The molecule has 0 bridgehead atoms. The first-order valence-corrected chi connectivity index (χ1v) is 9.51. The zero-order valence-electron chi connectivity index (χ0n) is 14.4. The first-order valence-electron chi connectivity index (χ1n) is 8.10. The molecular weight excluding hydrogens is 340 g/mol. The Morgan fingerprint density at radius 1 is 0.960 bits per heavy atom. The summed E-state index contributed by atoms with van der Waals surface area (Å²) in [6, 6.07) is 13.9. The van der Waals surface area contributed by atoms with Crippen molar-refractivity contribution >= 4 is 16.1 Å². The van der Waals surface area contributed by atoms with Crippen molar-refractivity contribution in [1.29, 1.82) is 0 Å². The fourth-order valence-corrected chi connectivity index (χ4v) is 3.15. The molecule has 0 aliphatic rings. The van der Waals surface area contributed by atoms with Crippen LogP contribution in [0.25, 0.3) is 0 Å². The second-order valence-corrected chi connectivity index (χ2v) is 7.25. The summed E-state index contributed by atoms with van der Waals surface area (Å²) in [6.45, 7) is 4.09. The van der Waals surface area contributed by atoms with E-state index in [1.165, 1.54) is 12.1 Å². The van der Waals surface area contributed by atoms with Gasteiger partial charge in [-0.3, -0.25) is 8.98 Å². The topological polar surface area (TPSA) is 69.7 Å². The van der Waals surface area contributed by atoms with Crippen molar-refractivity contribution in [3.05, 3.63) is 65.2 Å². The minimum Gasteiger partial charge on any atom is -0.466 e. The molecule has 0 saturated carbocycles. The SMILES string of the molecule is CCOC(=O)Cc1ccc(CCOS(=O)(=O)c2ccc(C)cc2)cc1. The van der Waals surface area contributed by atoms with Crippen molar-refractivity contribution < 1.29 is 22.1 Å². The third kappa shape index (κ3) is 5.99. The van der Waals surface area contributed by atoms with Crippen LogP contribution in [0.1, 0.15) is 23.6 Å². The largest absolute Gasteiger partial charge is 0.466 e. The third-order valence-electron chi connectivity index (χ3n) is 3.62. The second-order valence-electron chi connectivity index (χ2n) is 5.64. The van der Waals surface area contributed by atoms with E-state index in [4.69, 9.17) is 8.92 Å². The Morgan fingerprint density at radius 2 is 1.56 bits per heavy atom. The summed E-state index contributed by atoms with van der Waals surface area (Å²) in [5.74, 6) is -0.261. The molecule has 0 fully saturated rings. The predicted molar refractivity (Wildman–Crippen MR) is 94.8 cm³/mol. The van der Waals surface area contributed by atoms with Crippen LogP contribution < -0.4 is 0 Å². The van der Waals surface area contributed by atoms with Crippen molar-refractivity contribution in [2.24, 2.45) is 0 Å². The van der Waals surface area contributed by atoms with Crippen LogP contribution in [0.4, 0.5) is 0 Å². The number of carbonyl (C=O) groups is 1. The molecule has 134 valence electrons. The lowest BCUT2D eigenvalue weighted by atomic mass is 10.1. The highest BCUT2D eigenvalue weighted by Gasteiger charge is 2.14. The first kappa shape index (κ1) is 19.1. The average Bonchev–Trinajstić information content (AvgIpc) is 2.57. The molecule has 0 heterocycles. The van der Waals surface area contributed by atoms with Crippen LogP contribution in [0, 0.1) is 6.92 Å². The van der Waals surface area contributed by atoms with E-state index in [9.17, 15) is 13.2 Å². The highest BCUT2D eigenvalue weighted by molar-refractivity contribution is 7.86. The molecule has 0 amide bonds. The van der Waals surface area contributed by atoms with E-state index in [1.807, 2.05) is 31.2 Å². The van der Waals surface area contributed by atoms with E-state index in [0.29, 0.717) is 13.0 Å². The Morgan fingerprint density at radius 3 is 2.16 bits per heavy atom. The van der Waals surface area contributed by atoms with Gasteiger partial charge in [0.05, 0.1) is 24.5 Å². The Bertz CT molecular complexity index is 793. The molecule has 0 unspecified atom stereocenters. The van der Waals surface area contributed by atoms with E-state index < -0.39 is 10.1 Å². The summed E-state index contributed by atoms with van der Waals surface area (Å²) >= 11 is 0. The summed E-state index contributed by atoms with van der Waals surface area (Å²) in [7, 11) is -3.74. The first-order chi connectivity index (χ1) is 11.9. The molecule has 2 aromatic carbocycles. The fourth-order valence-electron chi connectivity index (χ4n) is 2.24. The number of hydrogen-bond acceptors (Lipinski definition) is 5. The van der Waals surface area contributed by atoms with Gasteiger partial charge in [0.25, 0.3) is 10.1 Å². The summed E-state index contributed by atoms with van der Waals surface area (Å²) in [4.78, 5) is 11.6. The van der Waals surface area contributed by atoms with Gasteiger partial charge in [0.2, 0.25) is 0 Å². The van der Waals surface area contributed by atoms with Crippen molar-refractivity contribution in [3.8, 4) is 0 Å². The van der Waals surface area contributed by atoms with E-state index in [0.717, 1.165) is 16.7 Å². The lowest BCUT2D eigenvalue weighted by molar-refractivity contribution is -0.142. The highest BCUT2D eigenvalue weighted by atomic mass is 32.2. The van der Waals surface area contributed by atoms with Gasteiger partial charge in [-0.05, 0) is 43.5 Å². The summed E-state index contributed by atoms with van der Waals surface area (Å²) < 4.78 is 34.2. The normalized spacial score (nSPS) is 11.3. The number of ether oxygens (including phenoxy) is 1. The number of esters is 1. The van der Waals surface area contributed by atoms with Gasteiger partial charge in [0, 0.05) is 0 Å². The van der Waals surface area contributed by atoms with Crippen LogP contribution in [-0.4, -0.2) is 27.6 Å². The standard InChI is InChI=1S/C19H22O5S/c1-3-23-19(20)14-17-8-6-16(7-9-17)12-13-24-25(21,22)18-10-4-15(2)5-11-18/h4-11H,3,12-14H2,1-2H3. The van der Waals surface area contributed by atoms with Crippen molar-refractivity contribution in [3.63, 3.8) is 0 Å². The maximum Gasteiger partial charge on any atom is 0.310 e. The third-order valence-corrected chi connectivity index (χ3v) is 4.94. The summed E-state index contributed by atoms with van der Waals surface area (Å²) in [6.07, 6.45) is 0.692. The molecule has 0 aromatic heterocycles. The quantitative estimate of drug-likeness (QED) is 0.533. The molecule has 2 aromatic rings. The monoisotopic (exact) mass is 362 g/mol. The molecule has 25 heavy (non-hydrogen) atoms. The smallest absolute Gasteiger partial charge is 0.310 e. The van der Waals surface area contributed by atoms with Crippen molar-refractivity contribution in [1.82, 2.24) is 0 Å². The fraction of sp³-hybridized carbons (Fsp3) is 0.316. The lowest BCUT2D eigenvalue weighted by Crippen LogP contribution is -2.09. The van der Waals surface area contributed by atoms with Gasteiger partial charge in [-0.25, -0.2) is 0 Å². The maximum absolute atomic E-state index is 12.1. The zero-order valence-corrected chi connectivity index (χ0v) is 15.2. The Hall–Kier alpha value is -2.18. The number of rotatable bonds is 8. The lowest BCUT2D eigenvalue weighted by Gasteiger charge is -2.07. The van der Waals surface area contributed by atoms with Gasteiger partial charge in [-0.1, -0.05) is 42.0 Å². The van der Waals surface area contributed by atoms with Crippen LogP contribution in [-0.2, 0) is 36.7 Å². The number of aryl methyl sites for hydroxylation is 1. The van der Waals surface area contributed by atoms with E-state index >= 15 is 0 Å². The molecule has 0 aliphatic carbocycles. The molecule has 0 N–H and O–H groups in total. The maximum atomic E-state index is 12.1. The van der Waals surface area contributed by atoms with Gasteiger partial charge in [-0.15, -0.1) is 0 Å². The zero-order chi connectivity index (χ0) is 18.3. The second kappa shape index (κ2) is 8.78. The van der Waals surface area contributed by atoms with Crippen LogP contribution in [0.3, 0.4) is 0 Å². The number of carbonyl (C=O) groups excluding carboxylic acids is 1. The molecule has 2 rings (SSSR count). The molecule has 0 saturated heterocycles. The molecular formula is C19H22O5S. The van der Waals surface area contributed by atoms with Crippen molar-refractivity contribution in [2.45, 2.75) is 31.6 Å². The van der Waals surface area contributed by atoms with Crippen LogP contribution in [0.15, 0.2) is 53.4 Å². The van der Waals surface area contributed by atoms with Crippen LogP contribution >= 0.6 is 0 Å². The molecule has 0 atom stereocenters. The number of benzene rings is 2. The van der Waals surface area contributed by atoms with Crippen molar-refractivity contribution in [2.75, 3.05) is 13.2 Å². The minimum absolute atomic E-state index is 0.0629. The highest BCUT2D eigenvalue weighted by Crippen LogP contribution is 2.14. The molecule has 0 aliphatic heterocycles. The average molecular weight is 362 g/mol. The predicted octanol–water partition coefficient (Wildman–Crippen LogP) is 3.05. The van der Waals surface area contributed by atoms with Crippen LogP contribution in [0.2, 0.25) is 0 Å². The number of hydrogen-bond donors (Lipinski definition) is 0. The van der Waals surface area contributed by atoms with E-state index in [1.54, 1.807) is 19.1 Å². The Balaban J connectivity index is 1.87. The van der Waals surface area contributed by atoms with E-state index in [-0.39, 0.29) is 23.9 Å². The minimum atomic E-state index is -3.74. The van der Waals surface area contributed by atoms with Gasteiger partial charge >= 0.3 is 5.97 Å². The van der Waals surface area contributed by atoms with Gasteiger partial charge in [0.1, 0.15) is 0 Å². The Kier molecular flexibility index (Phi) is 6.73. The molecule has 6 heteroatoms. The molecule has 0 radical (unpaired) electrons. The van der Waals surface area contributed by atoms with Gasteiger partial charge in [0.15, 0.2) is 0 Å². The summed E-state index contributed by atoms with van der Waals surface area (Å²) in [5.41, 5.74) is 2.78. The van der Waals surface area contributed by atoms with Gasteiger partial charge < -0.3 is 4.74 Å². The summed E-state index contributed by atoms with van der Waals surface area (Å²) in [5, 5.41) is 0. The van der Waals surface area contributed by atoms with E-state index in [2.05, 4.69) is 0 Å². The Labute approximate surface area is 148 Å². The van der Waals surface area contributed by atoms with Crippen LogP contribution in [0.5, 0.6) is 0 Å². The van der Waals surface area contributed by atoms with Gasteiger partial charge in [-0.2, -0.15) is 8.42 Å². The molecule has 5 nitrogen and oxygen atoms in total.